The molecule has 2 aromatic carbocycles. The van der Waals surface area contributed by atoms with Gasteiger partial charge in [0.15, 0.2) is 11.5 Å². The molecule has 0 unspecified atom stereocenters. The van der Waals surface area contributed by atoms with E-state index in [0.717, 1.165) is 36.7 Å². The number of fused-ring (bicyclic) bond motifs is 1. The van der Waals surface area contributed by atoms with Crippen LogP contribution in [-0.2, 0) is 16.6 Å². The van der Waals surface area contributed by atoms with Crippen LogP contribution >= 0.6 is 11.6 Å². The third-order valence-electron chi connectivity index (χ3n) is 5.16. The molecule has 156 valence electrons. The minimum Gasteiger partial charge on any atom is -0.492 e. The average molecular weight is 440 g/mol. The molecule has 0 aromatic heterocycles. The van der Waals surface area contributed by atoms with Gasteiger partial charge in [-0.1, -0.05) is 11.6 Å². The van der Waals surface area contributed by atoms with Crippen LogP contribution in [0.5, 0.6) is 17.2 Å². The third kappa shape index (κ3) is 4.30. The number of rotatable bonds is 6. The Kier molecular flexibility index (Phi) is 5.87. The van der Waals surface area contributed by atoms with Gasteiger partial charge in [-0.3, -0.25) is 0 Å². The van der Waals surface area contributed by atoms with Gasteiger partial charge in [0, 0.05) is 11.6 Å². The lowest BCUT2D eigenvalue weighted by Crippen LogP contribution is -3.13. The maximum atomic E-state index is 13.0. The Morgan fingerprint density at radius 3 is 2.62 bits per heavy atom. The number of ether oxygens (including phenoxy) is 3. The molecule has 1 N–H and O–H groups in total. The van der Waals surface area contributed by atoms with E-state index in [1.54, 1.807) is 6.07 Å². The summed E-state index contributed by atoms with van der Waals surface area (Å²) in [5.74, 6) is 1.94. The zero-order valence-electron chi connectivity index (χ0n) is 16.2. The van der Waals surface area contributed by atoms with Crippen molar-refractivity contribution in [3.63, 3.8) is 0 Å². The lowest BCUT2D eigenvalue weighted by Gasteiger charge is -2.31. The lowest BCUT2D eigenvalue weighted by molar-refractivity contribution is -0.917. The molecule has 0 saturated carbocycles. The quantitative estimate of drug-likeness (QED) is 0.739. The summed E-state index contributed by atoms with van der Waals surface area (Å²) in [7, 11) is -3.58. The molecule has 9 heteroatoms. The number of nitrogens with one attached hydrogen (secondary N) is 1. The molecule has 0 atom stereocenters. The topological polar surface area (TPSA) is 69.5 Å². The molecule has 2 aliphatic rings. The Hall–Kier alpha value is -2.00. The zero-order chi connectivity index (χ0) is 20.4. The van der Waals surface area contributed by atoms with Crippen LogP contribution in [0.15, 0.2) is 41.3 Å². The predicted octanol–water partition coefficient (Wildman–Crippen LogP) is 1.56. The van der Waals surface area contributed by atoms with Crippen molar-refractivity contribution in [1.82, 2.24) is 4.31 Å². The average Bonchev–Trinajstić information content (AvgIpc) is 3.18. The molecule has 2 aromatic rings. The lowest BCUT2D eigenvalue weighted by atomic mass is 10.2. The van der Waals surface area contributed by atoms with E-state index in [2.05, 4.69) is 0 Å². The molecular formula is C20H24ClN2O5S+. The summed E-state index contributed by atoms with van der Waals surface area (Å²) in [4.78, 5) is 1.55. The number of sulfonamides is 1. The van der Waals surface area contributed by atoms with Gasteiger partial charge in [0.25, 0.3) is 0 Å². The Labute approximate surface area is 175 Å². The first kappa shape index (κ1) is 20.3. The van der Waals surface area contributed by atoms with Crippen molar-refractivity contribution in [2.45, 2.75) is 18.4 Å². The minimum absolute atomic E-state index is 0.213. The molecule has 2 heterocycles. The summed E-state index contributed by atoms with van der Waals surface area (Å²) in [6.45, 7) is 5.74. The molecular weight excluding hydrogens is 416 g/mol. The summed E-state index contributed by atoms with van der Waals surface area (Å²) in [5, 5.41) is 0.406. The van der Waals surface area contributed by atoms with E-state index in [-0.39, 0.29) is 11.7 Å². The molecule has 7 nitrogen and oxygen atoms in total. The van der Waals surface area contributed by atoms with E-state index in [4.69, 9.17) is 25.8 Å². The largest absolute Gasteiger partial charge is 0.492 e. The fourth-order valence-corrected chi connectivity index (χ4v) is 5.25. The van der Waals surface area contributed by atoms with E-state index in [1.165, 1.54) is 21.3 Å². The van der Waals surface area contributed by atoms with Gasteiger partial charge in [-0.25, -0.2) is 8.42 Å². The molecule has 2 aliphatic heterocycles. The highest BCUT2D eigenvalue weighted by Gasteiger charge is 2.31. The molecule has 4 rings (SSSR count). The van der Waals surface area contributed by atoms with Gasteiger partial charge in [0.2, 0.25) is 16.8 Å². The van der Waals surface area contributed by atoms with Gasteiger partial charge in [-0.05, 0) is 37.3 Å². The van der Waals surface area contributed by atoms with Crippen LogP contribution in [0.25, 0.3) is 0 Å². The highest BCUT2D eigenvalue weighted by atomic mass is 35.5. The Morgan fingerprint density at radius 1 is 1.10 bits per heavy atom. The number of piperazine rings is 1. The van der Waals surface area contributed by atoms with Crippen molar-refractivity contribution in [2.24, 2.45) is 0 Å². The summed E-state index contributed by atoms with van der Waals surface area (Å²) < 4.78 is 43.8. The highest BCUT2D eigenvalue weighted by molar-refractivity contribution is 7.89. The minimum atomic E-state index is -3.58. The predicted molar refractivity (Wildman–Crippen MR) is 108 cm³/mol. The number of benzene rings is 2. The van der Waals surface area contributed by atoms with Gasteiger partial charge in [-0.15, -0.1) is 0 Å². The maximum absolute atomic E-state index is 13.0. The zero-order valence-corrected chi connectivity index (χ0v) is 17.8. The number of hydrogen-bond donors (Lipinski definition) is 1. The van der Waals surface area contributed by atoms with Crippen LogP contribution in [0.1, 0.15) is 12.5 Å². The van der Waals surface area contributed by atoms with Crippen LogP contribution < -0.4 is 19.1 Å². The van der Waals surface area contributed by atoms with E-state index in [0.29, 0.717) is 30.5 Å². The van der Waals surface area contributed by atoms with Gasteiger partial charge >= 0.3 is 0 Å². The van der Waals surface area contributed by atoms with E-state index < -0.39 is 10.0 Å². The maximum Gasteiger partial charge on any atom is 0.243 e. The summed E-state index contributed by atoms with van der Waals surface area (Å²) in [5.41, 5.74) is 1.15. The monoisotopic (exact) mass is 439 g/mol. The standard InChI is InChI=1S/C20H23ClN2O5S/c1-2-26-19-12-16(4-5-17(19)21)29(24,25)23-9-7-22(8-10-23)13-15-3-6-18-20(11-15)28-14-27-18/h3-6,11-12H,2,7-10,13-14H2,1H3/p+1. The summed E-state index contributed by atoms with van der Waals surface area (Å²) in [6, 6.07) is 10.6. The van der Waals surface area contributed by atoms with Crippen molar-refractivity contribution < 1.29 is 27.5 Å². The highest BCUT2D eigenvalue weighted by Crippen LogP contribution is 2.32. The second kappa shape index (κ2) is 8.39. The van der Waals surface area contributed by atoms with Crippen LogP contribution in [0.2, 0.25) is 5.02 Å². The van der Waals surface area contributed by atoms with Gasteiger partial charge in [-0.2, -0.15) is 4.31 Å². The molecule has 0 radical (unpaired) electrons. The number of quaternary nitrogens is 1. The molecule has 0 spiro atoms. The Balaban J connectivity index is 1.40. The van der Waals surface area contributed by atoms with Crippen molar-refractivity contribution >= 4 is 21.6 Å². The van der Waals surface area contributed by atoms with Crippen molar-refractivity contribution in [3.8, 4) is 17.2 Å². The van der Waals surface area contributed by atoms with Gasteiger partial charge in [0.1, 0.15) is 12.3 Å². The molecule has 1 saturated heterocycles. The number of hydrogen-bond acceptors (Lipinski definition) is 5. The molecule has 0 aliphatic carbocycles. The SMILES string of the molecule is CCOc1cc(S(=O)(=O)N2CC[NH+](Cc3ccc4c(c3)OCO4)CC2)ccc1Cl. The fraction of sp³-hybridized carbons (Fsp3) is 0.400. The van der Waals surface area contributed by atoms with Crippen LogP contribution in [0.4, 0.5) is 0 Å². The molecule has 1 fully saturated rings. The van der Waals surface area contributed by atoms with E-state index in [9.17, 15) is 8.42 Å². The molecule has 0 bridgehead atoms. The first-order valence-electron chi connectivity index (χ1n) is 9.62. The second-order valence-corrected chi connectivity index (χ2v) is 9.39. The Bertz CT molecular complexity index is 990. The van der Waals surface area contributed by atoms with Gasteiger partial charge in [0.05, 0.1) is 42.7 Å². The van der Waals surface area contributed by atoms with Crippen LogP contribution in [0.3, 0.4) is 0 Å². The van der Waals surface area contributed by atoms with Crippen molar-refractivity contribution in [1.29, 1.82) is 0 Å². The van der Waals surface area contributed by atoms with Crippen LogP contribution in [0, 0.1) is 0 Å². The number of halogens is 1. The van der Waals surface area contributed by atoms with Crippen molar-refractivity contribution in [2.75, 3.05) is 39.6 Å². The Morgan fingerprint density at radius 2 is 1.86 bits per heavy atom. The number of nitrogens with zero attached hydrogens (tertiary/aromatic N) is 1. The summed E-state index contributed by atoms with van der Waals surface area (Å²) in [6.07, 6.45) is 0. The molecule has 29 heavy (non-hydrogen) atoms. The second-order valence-electron chi connectivity index (χ2n) is 7.04. The van der Waals surface area contributed by atoms with Gasteiger partial charge < -0.3 is 19.1 Å². The first-order chi connectivity index (χ1) is 14.0. The normalized spacial score (nSPS) is 17.4. The van der Waals surface area contributed by atoms with E-state index >= 15 is 0 Å². The van der Waals surface area contributed by atoms with Crippen molar-refractivity contribution in [3.05, 3.63) is 47.0 Å². The van der Waals surface area contributed by atoms with E-state index in [1.807, 2.05) is 25.1 Å². The van der Waals surface area contributed by atoms with Crippen LogP contribution in [-0.4, -0.2) is 52.3 Å². The first-order valence-corrected chi connectivity index (χ1v) is 11.4. The summed E-state index contributed by atoms with van der Waals surface area (Å²) >= 11 is 6.09. The fourth-order valence-electron chi connectivity index (χ4n) is 3.62. The smallest absolute Gasteiger partial charge is 0.243 e. The third-order valence-corrected chi connectivity index (χ3v) is 7.37. The molecule has 0 amide bonds.